The summed E-state index contributed by atoms with van der Waals surface area (Å²) in [5, 5.41) is 1.88. The number of hydrogen-bond acceptors (Lipinski definition) is 5. The Bertz CT molecular complexity index is 1140. The summed E-state index contributed by atoms with van der Waals surface area (Å²) in [5.41, 5.74) is 2.25. The van der Waals surface area contributed by atoms with Crippen LogP contribution in [0.15, 0.2) is 64.9 Å². The van der Waals surface area contributed by atoms with Crippen LogP contribution in [-0.4, -0.2) is 27.5 Å². The van der Waals surface area contributed by atoms with Crippen molar-refractivity contribution < 1.29 is 17.9 Å². The van der Waals surface area contributed by atoms with Crippen molar-refractivity contribution in [2.75, 3.05) is 22.8 Å². The number of rotatable bonds is 7. The Hall–Kier alpha value is -2.84. The number of nitrogens with one attached hydrogen (secondary N) is 1. The first-order valence-electron chi connectivity index (χ1n) is 9.72. The molecule has 0 spiro atoms. The van der Waals surface area contributed by atoms with Crippen molar-refractivity contribution in [1.29, 1.82) is 0 Å². The number of carbonyl (C=O) groups is 1. The van der Waals surface area contributed by atoms with Gasteiger partial charge in [-0.2, -0.15) is 0 Å². The predicted octanol–water partition coefficient (Wildman–Crippen LogP) is 4.54. The molecule has 30 heavy (non-hydrogen) atoms. The van der Waals surface area contributed by atoms with Crippen molar-refractivity contribution in [2.45, 2.75) is 24.7 Å². The number of carbonyl (C=O) groups excluding carboxylic acids is 1. The highest BCUT2D eigenvalue weighted by Crippen LogP contribution is 2.33. The van der Waals surface area contributed by atoms with Gasteiger partial charge in [0.2, 0.25) is 0 Å². The molecule has 156 valence electrons. The van der Waals surface area contributed by atoms with Crippen LogP contribution in [-0.2, 0) is 16.4 Å². The molecule has 2 aromatic carbocycles. The number of sulfonamides is 1. The molecule has 0 atom stereocenters. The molecule has 8 heteroatoms. The van der Waals surface area contributed by atoms with Gasteiger partial charge in [-0.25, -0.2) is 8.42 Å². The molecule has 6 nitrogen and oxygen atoms in total. The number of thiophene rings is 1. The van der Waals surface area contributed by atoms with E-state index in [-0.39, 0.29) is 10.8 Å². The van der Waals surface area contributed by atoms with Crippen LogP contribution in [0.25, 0.3) is 0 Å². The highest BCUT2D eigenvalue weighted by molar-refractivity contribution is 7.92. The average molecular weight is 443 g/mol. The second kappa shape index (κ2) is 8.49. The van der Waals surface area contributed by atoms with Gasteiger partial charge in [-0.3, -0.25) is 9.52 Å². The highest BCUT2D eigenvalue weighted by atomic mass is 32.2. The molecular formula is C22H22N2O4S2. The number of ether oxygens (including phenoxy) is 1. The third-order valence-electron chi connectivity index (χ3n) is 4.81. The summed E-state index contributed by atoms with van der Waals surface area (Å²) in [5.74, 6) is 0.617. The molecule has 3 aromatic rings. The maximum atomic E-state index is 12.7. The maximum absolute atomic E-state index is 12.7. The van der Waals surface area contributed by atoms with Crippen LogP contribution in [0, 0.1) is 0 Å². The lowest BCUT2D eigenvalue weighted by Crippen LogP contribution is -2.28. The van der Waals surface area contributed by atoms with Crippen LogP contribution in [0.2, 0.25) is 0 Å². The lowest BCUT2D eigenvalue weighted by molar-refractivity contribution is 0.0993. The van der Waals surface area contributed by atoms with Gasteiger partial charge in [0.1, 0.15) is 5.75 Å². The molecule has 0 saturated carbocycles. The van der Waals surface area contributed by atoms with E-state index in [1.54, 1.807) is 35.2 Å². The average Bonchev–Trinajstić information content (AvgIpc) is 3.42. The second-order valence-electron chi connectivity index (χ2n) is 6.95. The summed E-state index contributed by atoms with van der Waals surface area (Å²) in [7, 11) is -3.72. The van der Waals surface area contributed by atoms with Gasteiger partial charge in [0, 0.05) is 17.9 Å². The van der Waals surface area contributed by atoms with Crippen LogP contribution in [0.5, 0.6) is 5.75 Å². The third-order valence-corrected chi connectivity index (χ3v) is 7.07. The fraction of sp³-hybridized carbons (Fsp3) is 0.227. The van der Waals surface area contributed by atoms with E-state index in [0.717, 1.165) is 17.7 Å². The molecule has 0 bridgehead atoms. The topological polar surface area (TPSA) is 75.7 Å². The normalized spacial score (nSPS) is 13.2. The number of benzene rings is 2. The van der Waals surface area contributed by atoms with Crippen molar-refractivity contribution in [2.24, 2.45) is 0 Å². The lowest BCUT2D eigenvalue weighted by atomic mass is 10.1. The molecule has 0 fully saturated rings. The second-order valence-corrected chi connectivity index (χ2v) is 9.58. The van der Waals surface area contributed by atoms with Crippen molar-refractivity contribution in [3.63, 3.8) is 0 Å². The number of hydrogen-bond donors (Lipinski definition) is 1. The molecule has 1 aliphatic rings. The van der Waals surface area contributed by atoms with Gasteiger partial charge in [0.25, 0.3) is 15.9 Å². The van der Waals surface area contributed by atoms with E-state index >= 15 is 0 Å². The van der Waals surface area contributed by atoms with E-state index in [1.165, 1.54) is 23.5 Å². The van der Waals surface area contributed by atoms with Gasteiger partial charge in [0.15, 0.2) is 0 Å². The van der Waals surface area contributed by atoms with Gasteiger partial charge < -0.3 is 9.64 Å². The Kier molecular flexibility index (Phi) is 5.78. The van der Waals surface area contributed by atoms with Gasteiger partial charge in [0.05, 0.1) is 16.4 Å². The summed E-state index contributed by atoms with van der Waals surface area (Å²) >= 11 is 1.41. The van der Waals surface area contributed by atoms with E-state index < -0.39 is 10.0 Å². The van der Waals surface area contributed by atoms with Crippen LogP contribution in [0.3, 0.4) is 0 Å². The smallest absolute Gasteiger partial charge is 0.268 e. The predicted molar refractivity (Wildman–Crippen MR) is 119 cm³/mol. The molecule has 0 aliphatic carbocycles. The quantitative estimate of drug-likeness (QED) is 0.583. The monoisotopic (exact) mass is 442 g/mol. The molecule has 0 saturated heterocycles. The Morgan fingerprint density at radius 1 is 1.17 bits per heavy atom. The van der Waals surface area contributed by atoms with Gasteiger partial charge in [-0.15, -0.1) is 11.3 Å². The van der Waals surface area contributed by atoms with E-state index in [2.05, 4.69) is 4.72 Å². The molecule has 1 aromatic heterocycles. The van der Waals surface area contributed by atoms with Crippen molar-refractivity contribution >= 4 is 38.6 Å². The van der Waals surface area contributed by atoms with Crippen LogP contribution in [0.4, 0.5) is 11.4 Å². The zero-order valence-corrected chi connectivity index (χ0v) is 18.1. The van der Waals surface area contributed by atoms with Gasteiger partial charge >= 0.3 is 0 Å². The van der Waals surface area contributed by atoms with Crippen LogP contribution in [0.1, 0.15) is 28.6 Å². The minimum atomic E-state index is -3.72. The Morgan fingerprint density at radius 3 is 2.67 bits per heavy atom. The Balaban J connectivity index is 1.50. The van der Waals surface area contributed by atoms with E-state index in [1.807, 2.05) is 24.4 Å². The SMILES string of the molecule is CCCOc1ccc(S(=O)(=O)Nc2ccc3c(c2)CCN3C(=O)c2cccs2)cc1. The summed E-state index contributed by atoms with van der Waals surface area (Å²) in [6, 6.07) is 15.3. The molecule has 1 aliphatic heterocycles. The van der Waals surface area contributed by atoms with Crippen molar-refractivity contribution in [3.8, 4) is 5.75 Å². The summed E-state index contributed by atoms with van der Waals surface area (Å²) < 4.78 is 33.6. The minimum Gasteiger partial charge on any atom is -0.494 e. The number of nitrogens with zero attached hydrogens (tertiary/aromatic N) is 1. The molecule has 1 amide bonds. The number of amides is 1. The largest absolute Gasteiger partial charge is 0.494 e. The molecule has 4 rings (SSSR count). The first kappa shape index (κ1) is 20.4. The minimum absolute atomic E-state index is 0.0255. The standard InChI is InChI=1S/C22H22N2O4S2/c1-2-13-28-18-6-8-19(9-7-18)30(26,27)23-17-5-10-20-16(15-17)11-12-24(20)22(25)21-4-3-14-29-21/h3-10,14-15,23H,2,11-13H2,1H3. The first-order chi connectivity index (χ1) is 14.5. The maximum Gasteiger partial charge on any atom is 0.268 e. The van der Waals surface area contributed by atoms with E-state index in [4.69, 9.17) is 4.74 Å². The fourth-order valence-corrected chi connectivity index (χ4v) is 5.08. The first-order valence-corrected chi connectivity index (χ1v) is 12.1. The summed E-state index contributed by atoms with van der Waals surface area (Å²) in [4.78, 5) is 15.3. The molecular weight excluding hydrogens is 420 g/mol. The highest BCUT2D eigenvalue weighted by Gasteiger charge is 2.26. The third kappa shape index (κ3) is 4.20. The molecule has 1 N–H and O–H groups in total. The van der Waals surface area contributed by atoms with E-state index in [9.17, 15) is 13.2 Å². The molecule has 0 radical (unpaired) electrons. The Morgan fingerprint density at radius 2 is 1.97 bits per heavy atom. The summed E-state index contributed by atoms with van der Waals surface area (Å²) in [6.45, 7) is 3.18. The van der Waals surface area contributed by atoms with Crippen molar-refractivity contribution in [1.82, 2.24) is 0 Å². The zero-order chi connectivity index (χ0) is 21.1. The van der Waals surface area contributed by atoms with Crippen LogP contribution < -0.4 is 14.4 Å². The molecule has 0 unspecified atom stereocenters. The molecule has 2 heterocycles. The van der Waals surface area contributed by atoms with E-state index in [0.29, 0.717) is 35.9 Å². The van der Waals surface area contributed by atoms with Gasteiger partial charge in [-0.05, 0) is 72.3 Å². The van der Waals surface area contributed by atoms with Gasteiger partial charge in [-0.1, -0.05) is 13.0 Å². The number of anilines is 2. The van der Waals surface area contributed by atoms with Crippen LogP contribution >= 0.6 is 11.3 Å². The lowest BCUT2D eigenvalue weighted by Gasteiger charge is -2.17. The number of fused-ring (bicyclic) bond motifs is 1. The summed E-state index contributed by atoms with van der Waals surface area (Å²) in [6.07, 6.45) is 1.57. The Labute approximate surface area is 180 Å². The fourth-order valence-electron chi connectivity index (χ4n) is 3.36. The van der Waals surface area contributed by atoms with Crippen molar-refractivity contribution in [3.05, 3.63) is 70.4 Å². The zero-order valence-electron chi connectivity index (χ0n) is 16.5.